The third-order valence-corrected chi connectivity index (χ3v) is 8.26. The van der Waals surface area contributed by atoms with Crippen LogP contribution in [0.1, 0.15) is 49.3 Å². The summed E-state index contributed by atoms with van der Waals surface area (Å²) in [6.45, 7) is 6.75. The Labute approximate surface area is 234 Å². The van der Waals surface area contributed by atoms with E-state index in [4.69, 9.17) is 9.47 Å². The van der Waals surface area contributed by atoms with Gasteiger partial charge in [-0.25, -0.2) is 0 Å². The van der Waals surface area contributed by atoms with Gasteiger partial charge in [0.1, 0.15) is 0 Å². The zero-order chi connectivity index (χ0) is 28.1. The summed E-state index contributed by atoms with van der Waals surface area (Å²) in [5, 5.41) is 6.46. The quantitative estimate of drug-likeness (QED) is 0.454. The molecule has 3 heterocycles. The molecule has 5 rings (SSSR count). The molecule has 0 aromatic heterocycles. The molecule has 0 unspecified atom stereocenters. The van der Waals surface area contributed by atoms with E-state index < -0.39 is 11.7 Å². The molecule has 2 aromatic carbocycles. The minimum Gasteiger partial charge on any atom is -0.454 e. The summed E-state index contributed by atoms with van der Waals surface area (Å²) in [4.78, 5) is 18.2. The molecule has 0 saturated carbocycles. The zero-order valence-corrected chi connectivity index (χ0v) is 23.0. The molecule has 3 aliphatic rings. The number of fused-ring (bicyclic) bond motifs is 1. The van der Waals surface area contributed by atoms with Gasteiger partial charge in [0.05, 0.1) is 11.6 Å². The van der Waals surface area contributed by atoms with E-state index in [2.05, 4.69) is 27.4 Å². The Kier molecular flexibility index (Phi) is 9.17. The molecule has 2 aromatic rings. The highest BCUT2D eigenvalue weighted by molar-refractivity contribution is 5.82. The second-order valence-corrected chi connectivity index (χ2v) is 11.0. The van der Waals surface area contributed by atoms with Crippen LogP contribution >= 0.6 is 0 Å². The first-order valence-electron chi connectivity index (χ1n) is 14.3. The Balaban J connectivity index is 1.21. The molecule has 40 heavy (non-hydrogen) atoms. The first-order valence-corrected chi connectivity index (χ1v) is 14.3. The Bertz CT molecular complexity index is 1150. The number of nitrogens with zero attached hydrogens (tertiary/aromatic N) is 2. The minimum atomic E-state index is -4.40. The lowest BCUT2D eigenvalue weighted by Gasteiger charge is -2.39. The molecule has 0 bridgehead atoms. The SMILES string of the molecule is CCCN1CCC(N2C[C@@H](NCc3ccccc3C(F)(F)F)C[C@H]2C(=O)NCCc2ccc3c(c2)OCO3)CC1. The van der Waals surface area contributed by atoms with Gasteiger partial charge < -0.3 is 25.0 Å². The number of carbonyl (C=O) groups excluding carboxylic acids is 1. The summed E-state index contributed by atoms with van der Waals surface area (Å²) in [6, 6.07) is 11.4. The molecule has 1 amide bonds. The summed E-state index contributed by atoms with van der Waals surface area (Å²) < 4.78 is 51.4. The van der Waals surface area contributed by atoms with Crippen molar-refractivity contribution in [2.45, 2.75) is 69.9 Å². The molecular formula is C30H39F3N4O3. The van der Waals surface area contributed by atoms with Gasteiger partial charge in [0.2, 0.25) is 12.7 Å². The summed E-state index contributed by atoms with van der Waals surface area (Å²) in [5.74, 6) is 1.44. The molecule has 0 spiro atoms. The van der Waals surface area contributed by atoms with Crippen LogP contribution in [-0.2, 0) is 23.9 Å². The van der Waals surface area contributed by atoms with Gasteiger partial charge in [-0.3, -0.25) is 9.69 Å². The van der Waals surface area contributed by atoms with Crippen molar-refractivity contribution in [2.75, 3.05) is 39.5 Å². The number of amides is 1. The van der Waals surface area contributed by atoms with Gasteiger partial charge in [-0.05, 0) is 81.1 Å². The van der Waals surface area contributed by atoms with Gasteiger partial charge in [-0.2, -0.15) is 13.2 Å². The Hall–Kier alpha value is -2.82. The molecule has 2 saturated heterocycles. The van der Waals surface area contributed by atoms with Gasteiger partial charge in [0.25, 0.3) is 0 Å². The van der Waals surface area contributed by atoms with Crippen molar-refractivity contribution in [3.63, 3.8) is 0 Å². The molecule has 2 fully saturated rings. The van der Waals surface area contributed by atoms with Gasteiger partial charge in [0.15, 0.2) is 11.5 Å². The number of ether oxygens (including phenoxy) is 2. The number of hydrogen-bond acceptors (Lipinski definition) is 6. The maximum Gasteiger partial charge on any atom is 0.416 e. The van der Waals surface area contributed by atoms with Crippen molar-refractivity contribution in [3.8, 4) is 11.5 Å². The second-order valence-electron chi connectivity index (χ2n) is 11.0. The fraction of sp³-hybridized carbons (Fsp3) is 0.567. The third-order valence-electron chi connectivity index (χ3n) is 8.26. The van der Waals surface area contributed by atoms with Gasteiger partial charge in [-0.1, -0.05) is 31.2 Å². The standard InChI is InChI=1S/C30H39F3N4O3/c1-2-13-36-14-10-24(11-15-36)37-19-23(35-18-22-5-3-4-6-25(22)30(31,32)33)17-26(37)29(38)34-12-9-21-7-8-27-28(16-21)40-20-39-27/h3-8,16,23-24,26,35H,2,9-15,17-20H2,1H3,(H,34,38)/t23-,26-/m0/s1. The van der Waals surface area contributed by atoms with Crippen molar-refractivity contribution in [1.29, 1.82) is 0 Å². The van der Waals surface area contributed by atoms with E-state index in [1.54, 1.807) is 6.07 Å². The number of likely N-dealkylation sites (tertiary alicyclic amines) is 2. The van der Waals surface area contributed by atoms with Gasteiger partial charge >= 0.3 is 6.18 Å². The van der Waals surface area contributed by atoms with E-state index in [1.807, 2.05) is 18.2 Å². The second kappa shape index (κ2) is 12.8. The van der Waals surface area contributed by atoms with Crippen LogP contribution in [-0.4, -0.2) is 73.3 Å². The average Bonchev–Trinajstić information content (AvgIpc) is 3.59. The molecule has 0 aliphatic carbocycles. The number of benzene rings is 2. The summed E-state index contributed by atoms with van der Waals surface area (Å²) in [6.07, 6.45) is -0.0597. The summed E-state index contributed by atoms with van der Waals surface area (Å²) >= 11 is 0. The van der Waals surface area contributed by atoms with Crippen molar-refractivity contribution in [2.24, 2.45) is 0 Å². The highest BCUT2D eigenvalue weighted by Gasteiger charge is 2.41. The highest BCUT2D eigenvalue weighted by atomic mass is 19.4. The van der Waals surface area contributed by atoms with Crippen molar-refractivity contribution >= 4 is 5.91 Å². The van der Waals surface area contributed by atoms with Crippen LogP contribution < -0.4 is 20.1 Å². The van der Waals surface area contributed by atoms with Gasteiger partial charge in [-0.15, -0.1) is 0 Å². The van der Waals surface area contributed by atoms with Crippen molar-refractivity contribution in [1.82, 2.24) is 20.4 Å². The molecule has 2 N–H and O–H groups in total. The lowest BCUT2D eigenvalue weighted by atomic mass is 10.0. The Morgan fingerprint density at radius 2 is 1.85 bits per heavy atom. The topological polar surface area (TPSA) is 66.1 Å². The lowest BCUT2D eigenvalue weighted by molar-refractivity contribution is -0.138. The smallest absolute Gasteiger partial charge is 0.416 e. The van der Waals surface area contributed by atoms with Crippen LogP contribution in [0.5, 0.6) is 11.5 Å². The molecule has 0 radical (unpaired) electrons. The fourth-order valence-electron chi connectivity index (χ4n) is 6.21. The van der Waals surface area contributed by atoms with Crippen LogP contribution in [0.4, 0.5) is 13.2 Å². The van der Waals surface area contributed by atoms with E-state index in [-0.39, 0.29) is 42.9 Å². The van der Waals surface area contributed by atoms with E-state index in [0.29, 0.717) is 25.9 Å². The average molecular weight is 561 g/mol. The summed E-state index contributed by atoms with van der Waals surface area (Å²) in [7, 11) is 0. The molecule has 218 valence electrons. The predicted octanol–water partition coefficient (Wildman–Crippen LogP) is 4.20. The maximum absolute atomic E-state index is 13.5. The van der Waals surface area contributed by atoms with Crippen LogP contribution in [0, 0.1) is 0 Å². The van der Waals surface area contributed by atoms with Gasteiger partial charge in [0, 0.05) is 31.7 Å². The van der Waals surface area contributed by atoms with E-state index in [0.717, 1.165) is 62.0 Å². The third kappa shape index (κ3) is 6.90. The summed E-state index contributed by atoms with van der Waals surface area (Å²) in [5.41, 5.74) is 0.670. The van der Waals surface area contributed by atoms with Crippen LogP contribution in [0.25, 0.3) is 0 Å². The number of piperidine rings is 1. The van der Waals surface area contributed by atoms with E-state index >= 15 is 0 Å². The van der Waals surface area contributed by atoms with Crippen LogP contribution in [0.2, 0.25) is 0 Å². The predicted molar refractivity (Wildman–Crippen MR) is 146 cm³/mol. The Morgan fingerprint density at radius 1 is 1.07 bits per heavy atom. The van der Waals surface area contributed by atoms with E-state index in [9.17, 15) is 18.0 Å². The molecule has 7 nitrogen and oxygen atoms in total. The monoisotopic (exact) mass is 560 g/mol. The lowest BCUT2D eigenvalue weighted by Crippen LogP contribution is -2.51. The number of hydrogen-bond donors (Lipinski definition) is 2. The van der Waals surface area contributed by atoms with Crippen molar-refractivity contribution in [3.05, 3.63) is 59.2 Å². The van der Waals surface area contributed by atoms with Crippen molar-refractivity contribution < 1.29 is 27.4 Å². The first-order chi connectivity index (χ1) is 19.3. The largest absolute Gasteiger partial charge is 0.454 e. The molecule has 10 heteroatoms. The number of rotatable bonds is 10. The maximum atomic E-state index is 13.5. The zero-order valence-electron chi connectivity index (χ0n) is 23.0. The normalized spacial score (nSPS) is 22.1. The fourth-order valence-corrected chi connectivity index (χ4v) is 6.21. The molecular weight excluding hydrogens is 521 g/mol. The highest BCUT2D eigenvalue weighted by Crippen LogP contribution is 2.34. The van der Waals surface area contributed by atoms with Crippen LogP contribution in [0.15, 0.2) is 42.5 Å². The minimum absolute atomic E-state index is 0.0169. The number of alkyl halides is 3. The molecule has 2 atom stereocenters. The molecule has 3 aliphatic heterocycles. The number of carbonyl (C=O) groups is 1. The van der Waals surface area contributed by atoms with E-state index in [1.165, 1.54) is 12.1 Å². The number of halogens is 3. The van der Waals surface area contributed by atoms with Crippen LogP contribution in [0.3, 0.4) is 0 Å². The first kappa shape index (κ1) is 28.7. The Morgan fingerprint density at radius 3 is 2.62 bits per heavy atom. The number of nitrogens with one attached hydrogen (secondary N) is 2.